The minimum absolute atomic E-state index is 0.135. The van der Waals surface area contributed by atoms with Crippen LogP contribution in [-0.4, -0.2) is 30.6 Å². The molecule has 7 nitrogen and oxygen atoms in total. The first-order chi connectivity index (χ1) is 15.4. The van der Waals surface area contributed by atoms with Gasteiger partial charge in [0.25, 0.3) is 5.91 Å². The quantitative estimate of drug-likeness (QED) is 0.402. The minimum Gasteiger partial charge on any atom is -0.484 e. The average molecular weight is 451 g/mol. The Kier molecular flexibility index (Phi) is 5.96. The molecule has 0 radical (unpaired) electrons. The Bertz CT molecular complexity index is 1290. The minimum atomic E-state index is -0.563. The van der Waals surface area contributed by atoms with Crippen LogP contribution < -0.4 is 10.1 Å². The molecule has 0 unspecified atom stereocenters. The number of carbonyl (C=O) groups excluding carboxylic acids is 2. The molecule has 2 heterocycles. The summed E-state index contributed by atoms with van der Waals surface area (Å²) in [4.78, 5) is 29.7. The highest BCUT2D eigenvalue weighted by Crippen LogP contribution is 2.40. The zero-order chi connectivity index (χ0) is 22.8. The van der Waals surface area contributed by atoms with Crippen molar-refractivity contribution in [2.45, 2.75) is 20.8 Å². The fraction of sp³-hybridized carbons (Fsp3) is 0.208. The number of fused-ring (bicyclic) bond motifs is 1. The van der Waals surface area contributed by atoms with E-state index in [0.29, 0.717) is 22.1 Å². The second kappa shape index (κ2) is 8.84. The van der Waals surface area contributed by atoms with E-state index in [1.165, 1.54) is 18.4 Å². The van der Waals surface area contributed by atoms with Gasteiger partial charge in [0.2, 0.25) is 5.88 Å². The fourth-order valence-electron chi connectivity index (χ4n) is 3.28. The lowest BCUT2D eigenvalue weighted by molar-refractivity contribution is -0.118. The summed E-state index contributed by atoms with van der Waals surface area (Å²) in [7, 11) is 1.30. The zero-order valence-electron chi connectivity index (χ0n) is 18.1. The number of hydrogen-bond acceptors (Lipinski definition) is 7. The van der Waals surface area contributed by atoms with Gasteiger partial charge in [0, 0.05) is 0 Å². The van der Waals surface area contributed by atoms with Crippen LogP contribution >= 0.6 is 11.3 Å². The second-order valence-corrected chi connectivity index (χ2v) is 8.33. The molecule has 0 saturated heterocycles. The summed E-state index contributed by atoms with van der Waals surface area (Å²) in [5, 5.41) is 3.27. The van der Waals surface area contributed by atoms with Crippen molar-refractivity contribution in [2.24, 2.45) is 0 Å². The standard InChI is InChI=1S/C24H22N2O5S/c1-13-9-10-16(11-14(13)2)30-12-19(27)26-22-21(20(15(3)31-22)24(28)29-4)23-25-17-7-5-6-8-18(17)32-23/h5-11H,12H2,1-4H3,(H,26,27). The molecular weight excluding hydrogens is 428 g/mol. The van der Waals surface area contributed by atoms with Crippen molar-refractivity contribution in [3.63, 3.8) is 0 Å². The Labute approximate surface area is 189 Å². The molecule has 0 aliphatic rings. The molecule has 0 aliphatic carbocycles. The molecule has 0 atom stereocenters. The molecule has 0 aliphatic heterocycles. The van der Waals surface area contributed by atoms with Crippen molar-refractivity contribution in [3.05, 3.63) is 64.9 Å². The van der Waals surface area contributed by atoms with E-state index in [1.807, 2.05) is 56.3 Å². The van der Waals surface area contributed by atoms with Gasteiger partial charge in [-0.25, -0.2) is 9.78 Å². The number of furan rings is 1. The van der Waals surface area contributed by atoms with Crippen LogP contribution in [0.3, 0.4) is 0 Å². The second-order valence-electron chi connectivity index (χ2n) is 7.30. The number of hydrogen-bond donors (Lipinski definition) is 1. The number of ether oxygens (including phenoxy) is 2. The highest BCUT2D eigenvalue weighted by atomic mass is 32.1. The van der Waals surface area contributed by atoms with Crippen molar-refractivity contribution in [1.29, 1.82) is 0 Å². The van der Waals surface area contributed by atoms with Crippen LogP contribution in [0.25, 0.3) is 20.8 Å². The lowest BCUT2D eigenvalue weighted by Gasteiger charge is -2.09. The molecule has 2 aromatic heterocycles. The number of rotatable bonds is 6. The zero-order valence-corrected chi connectivity index (χ0v) is 19.0. The average Bonchev–Trinajstić information content (AvgIpc) is 3.34. The van der Waals surface area contributed by atoms with Crippen LogP contribution in [0.1, 0.15) is 27.2 Å². The predicted molar refractivity (Wildman–Crippen MR) is 123 cm³/mol. The Morgan fingerprint density at radius 2 is 1.88 bits per heavy atom. The van der Waals surface area contributed by atoms with Crippen molar-refractivity contribution in [2.75, 3.05) is 19.0 Å². The van der Waals surface area contributed by atoms with E-state index in [1.54, 1.807) is 6.92 Å². The van der Waals surface area contributed by atoms with Crippen LogP contribution in [0.4, 0.5) is 5.88 Å². The Balaban J connectivity index is 1.63. The number of benzene rings is 2. The van der Waals surface area contributed by atoms with E-state index in [9.17, 15) is 9.59 Å². The highest BCUT2D eigenvalue weighted by molar-refractivity contribution is 7.21. The fourth-order valence-corrected chi connectivity index (χ4v) is 4.29. The summed E-state index contributed by atoms with van der Waals surface area (Å²) in [6, 6.07) is 13.3. The number of carbonyl (C=O) groups is 2. The lowest BCUT2D eigenvalue weighted by Crippen LogP contribution is -2.20. The van der Waals surface area contributed by atoms with Gasteiger partial charge in [0.05, 0.1) is 22.9 Å². The Morgan fingerprint density at radius 3 is 2.59 bits per heavy atom. The van der Waals surface area contributed by atoms with Gasteiger partial charge in [0.1, 0.15) is 22.1 Å². The monoisotopic (exact) mass is 450 g/mol. The first kappa shape index (κ1) is 21.6. The molecule has 0 bridgehead atoms. The summed E-state index contributed by atoms with van der Waals surface area (Å²) in [6.45, 7) is 5.42. The Hall–Kier alpha value is -3.65. The molecule has 4 rings (SSSR count). The van der Waals surface area contributed by atoms with E-state index in [0.717, 1.165) is 21.3 Å². The molecular formula is C24H22N2O5S. The van der Waals surface area contributed by atoms with Crippen molar-refractivity contribution in [1.82, 2.24) is 4.98 Å². The summed E-state index contributed by atoms with van der Waals surface area (Å²) < 4.78 is 17.3. The van der Waals surface area contributed by atoms with Crippen LogP contribution in [0.15, 0.2) is 46.9 Å². The van der Waals surface area contributed by atoms with Crippen LogP contribution in [0, 0.1) is 20.8 Å². The number of methoxy groups -OCH3 is 1. The smallest absolute Gasteiger partial charge is 0.342 e. The maximum Gasteiger partial charge on any atom is 0.342 e. The third kappa shape index (κ3) is 4.22. The predicted octanol–water partition coefficient (Wildman–Crippen LogP) is 5.29. The van der Waals surface area contributed by atoms with Crippen molar-refractivity contribution in [3.8, 4) is 16.3 Å². The summed E-state index contributed by atoms with van der Waals surface area (Å²) in [5.74, 6) is 0.0794. The number of thiazole rings is 1. The maximum atomic E-state index is 12.6. The summed E-state index contributed by atoms with van der Waals surface area (Å²) in [6.07, 6.45) is 0. The third-order valence-corrected chi connectivity index (χ3v) is 6.14. The first-order valence-corrected chi connectivity index (χ1v) is 10.8. The van der Waals surface area contributed by atoms with Gasteiger partial charge in [-0.1, -0.05) is 18.2 Å². The van der Waals surface area contributed by atoms with Gasteiger partial charge in [-0.2, -0.15) is 0 Å². The number of nitrogens with one attached hydrogen (secondary N) is 1. The molecule has 32 heavy (non-hydrogen) atoms. The normalized spacial score (nSPS) is 10.9. The van der Waals surface area contributed by atoms with E-state index < -0.39 is 11.9 Å². The molecule has 8 heteroatoms. The van der Waals surface area contributed by atoms with Crippen LogP contribution in [-0.2, 0) is 9.53 Å². The van der Waals surface area contributed by atoms with Gasteiger partial charge in [0.15, 0.2) is 6.61 Å². The SMILES string of the molecule is COC(=O)c1c(C)oc(NC(=O)COc2ccc(C)c(C)c2)c1-c1nc2ccccc2s1. The number of amides is 1. The number of aryl methyl sites for hydroxylation is 3. The number of para-hydroxylation sites is 1. The number of aromatic nitrogens is 1. The summed E-state index contributed by atoms with van der Waals surface area (Å²) in [5.41, 5.74) is 3.64. The lowest BCUT2D eigenvalue weighted by atomic mass is 10.1. The molecule has 0 spiro atoms. The van der Waals surface area contributed by atoms with Gasteiger partial charge < -0.3 is 13.9 Å². The highest BCUT2D eigenvalue weighted by Gasteiger charge is 2.28. The Morgan fingerprint density at radius 1 is 1.09 bits per heavy atom. The van der Waals surface area contributed by atoms with Crippen LogP contribution in [0.5, 0.6) is 5.75 Å². The largest absolute Gasteiger partial charge is 0.484 e. The number of nitrogens with zero attached hydrogens (tertiary/aromatic N) is 1. The van der Waals surface area contributed by atoms with E-state index in [-0.39, 0.29) is 18.1 Å². The molecule has 0 fully saturated rings. The van der Waals surface area contributed by atoms with E-state index >= 15 is 0 Å². The maximum absolute atomic E-state index is 12.6. The molecule has 1 amide bonds. The van der Waals surface area contributed by atoms with Gasteiger partial charge in [-0.05, 0) is 56.2 Å². The van der Waals surface area contributed by atoms with Gasteiger partial charge in [-0.15, -0.1) is 11.3 Å². The van der Waals surface area contributed by atoms with Gasteiger partial charge in [-0.3, -0.25) is 10.1 Å². The summed E-state index contributed by atoms with van der Waals surface area (Å²) >= 11 is 1.40. The molecule has 2 aromatic carbocycles. The number of anilines is 1. The topological polar surface area (TPSA) is 90.7 Å². The molecule has 164 valence electrons. The van der Waals surface area contributed by atoms with E-state index in [2.05, 4.69) is 10.3 Å². The third-order valence-electron chi connectivity index (χ3n) is 5.08. The number of esters is 1. The molecule has 0 saturated carbocycles. The van der Waals surface area contributed by atoms with Gasteiger partial charge >= 0.3 is 5.97 Å². The first-order valence-electron chi connectivity index (χ1n) is 9.95. The van der Waals surface area contributed by atoms with Crippen LogP contribution in [0.2, 0.25) is 0 Å². The molecule has 1 N–H and O–H groups in total. The van der Waals surface area contributed by atoms with Crippen molar-refractivity contribution < 1.29 is 23.5 Å². The van der Waals surface area contributed by atoms with E-state index in [4.69, 9.17) is 13.9 Å². The van der Waals surface area contributed by atoms with Crippen molar-refractivity contribution >= 4 is 39.3 Å². The molecule has 4 aromatic rings.